The number of hydrogen-bond acceptors (Lipinski definition) is 0. The van der Waals surface area contributed by atoms with Gasteiger partial charge in [-0.3, -0.25) is 0 Å². The SMILES string of the molecule is CC(C)CC[n+]1ccccc1. The van der Waals surface area contributed by atoms with E-state index in [9.17, 15) is 0 Å². The zero-order valence-corrected chi connectivity index (χ0v) is 7.33. The van der Waals surface area contributed by atoms with Crippen LogP contribution in [0.25, 0.3) is 0 Å². The molecule has 0 fully saturated rings. The van der Waals surface area contributed by atoms with Gasteiger partial charge >= 0.3 is 0 Å². The van der Waals surface area contributed by atoms with Crippen molar-refractivity contribution < 1.29 is 4.57 Å². The highest BCUT2D eigenvalue weighted by molar-refractivity contribution is 4.83. The van der Waals surface area contributed by atoms with Crippen molar-refractivity contribution in [1.29, 1.82) is 0 Å². The van der Waals surface area contributed by atoms with Crippen molar-refractivity contribution >= 4 is 0 Å². The van der Waals surface area contributed by atoms with Crippen LogP contribution in [0.4, 0.5) is 0 Å². The van der Waals surface area contributed by atoms with Crippen LogP contribution in [0.5, 0.6) is 0 Å². The van der Waals surface area contributed by atoms with E-state index in [-0.39, 0.29) is 0 Å². The predicted octanol–water partition coefficient (Wildman–Crippen LogP) is 2.02. The van der Waals surface area contributed by atoms with Gasteiger partial charge in [0.15, 0.2) is 12.4 Å². The summed E-state index contributed by atoms with van der Waals surface area (Å²) in [5.74, 6) is 0.794. The summed E-state index contributed by atoms with van der Waals surface area (Å²) >= 11 is 0. The van der Waals surface area contributed by atoms with Crippen molar-refractivity contribution in [2.45, 2.75) is 26.8 Å². The molecule has 0 aliphatic rings. The first kappa shape index (κ1) is 8.25. The van der Waals surface area contributed by atoms with Crippen LogP contribution >= 0.6 is 0 Å². The van der Waals surface area contributed by atoms with Gasteiger partial charge in [0.1, 0.15) is 6.54 Å². The molecule has 1 heterocycles. The van der Waals surface area contributed by atoms with Crippen molar-refractivity contribution in [1.82, 2.24) is 0 Å². The molecule has 11 heavy (non-hydrogen) atoms. The van der Waals surface area contributed by atoms with E-state index in [0.717, 1.165) is 12.5 Å². The molecule has 0 aliphatic carbocycles. The largest absolute Gasteiger partial charge is 0.205 e. The summed E-state index contributed by atoms with van der Waals surface area (Å²) in [7, 11) is 0. The van der Waals surface area contributed by atoms with Gasteiger partial charge in [-0.15, -0.1) is 0 Å². The van der Waals surface area contributed by atoms with E-state index in [0.29, 0.717) is 0 Å². The van der Waals surface area contributed by atoms with Crippen LogP contribution in [0.2, 0.25) is 0 Å². The maximum Gasteiger partial charge on any atom is 0.168 e. The lowest BCUT2D eigenvalue weighted by atomic mass is 10.1. The highest BCUT2D eigenvalue weighted by Crippen LogP contribution is 1.97. The van der Waals surface area contributed by atoms with Crippen LogP contribution in [0.15, 0.2) is 30.6 Å². The van der Waals surface area contributed by atoms with Crippen LogP contribution in [-0.2, 0) is 6.54 Å². The van der Waals surface area contributed by atoms with E-state index >= 15 is 0 Å². The summed E-state index contributed by atoms with van der Waals surface area (Å²) in [6.45, 7) is 5.64. The lowest BCUT2D eigenvalue weighted by molar-refractivity contribution is -0.698. The quantitative estimate of drug-likeness (QED) is 0.580. The van der Waals surface area contributed by atoms with Gasteiger partial charge in [0.25, 0.3) is 0 Å². The summed E-state index contributed by atoms with van der Waals surface area (Å²) in [4.78, 5) is 0. The number of pyridine rings is 1. The molecule has 0 saturated heterocycles. The van der Waals surface area contributed by atoms with Crippen LogP contribution in [-0.4, -0.2) is 0 Å². The lowest BCUT2D eigenvalue weighted by Crippen LogP contribution is -2.32. The van der Waals surface area contributed by atoms with E-state index in [1.54, 1.807) is 0 Å². The molecule has 0 amide bonds. The molecule has 0 bridgehead atoms. The average Bonchev–Trinajstić information content (AvgIpc) is 2.03. The first-order chi connectivity index (χ1) is 5.29. The lowest BCUT2D eigenvalue weighted by Gasteiger charge is -1.99. The van der Waals surface area contributed by atoms with E-state index in [2.05, 4.69) is 42.9 Å². The molecule has 1 nitrogen and oxygen atoms in total. The van der Waals surface area contributed by atoms with Gasteiger partial charge in [-0.2, -0.15) is 0 Å². The second-order valence-corrected chi connectivity index (χ2v) is 3.30. The smallest absolute Gasteiger partial charge is 0.168 e. The number of aromatic nitrogens is 1. The third kappa shape index (κ3) is 3.17. The number of nitrogens with zero attached hydrogens (tertiary/aromatic N) is 1. The molecule has 1 heteroatoms. The highest BCUT2D eigenvalue weighted by Gasteiger charge is 1.99. The molecule has 0 N–H and O–H groups in total. The Bertz CT molecular complexity index is 191. The summed E-state index contributed by atoms with van der Waals surface area (Å²) in [5.41, 5.74) is 0. The van der Waals surface area contributed by atoms with Crippen molar-refractivity contribution in [3.05, 3.63) is 30.6 Å². The Labute approximate surface area is 68.7 Å². The Balaban J connectivity index is 2.39. The van der Waals surface area contributed by atoms with Crippen molar-refractivity contribution in [2.75, 3.05) is 0 Å². The van der Waals surface area contributed by atoms with Crippen molar-refractivity contribution in [3.8, 4) is 0 Å². The third-order valence-corrected chi connectivity index (χ3v) is 1.74. The van der Waals surface area contributed by atoms with Gasteiger partial charge in [0.05, 0.1) is 0 Å². The Morgan fingerprint density at radius 2 is 1.73 bits per heavy atom. The number of rotatable bonds is 3. The van der Waals surface area contributed by atoms with E-state index in [1.165, 1.54) is 6.42 Å². The summed E-state index contributed by atoms with van der Waals surface area (Å²) in [5, 5.41) is 0. The normalized spacial score (nSPS) is 10.5. The van der Waals surface area contributed by atoms with Gasteiger partial charge in [0.2, 0.25) is 0 Å². The topological polar surface area (TPSA) is 3.88 Å². The summed E-state index contributed by atoms with van der Waals surface area (Å²) < 4.78 is 2.22. The molecule has 1 rings (SSSR count). The van der Waals surface area contributed by atoms with Crippen LogP contribution in [0.3, 0.4) is 0 Å². The zero-order chi connectivity index (χ0) is 8.10. The average molecular weight is 150 g/mol. The minimum atomic E-state index is 0.794. The van der Waals surface area contributed by atoms with Crippen molar-refractivity contribution in [3.63, 3.8) is 0 Å². The Morgan fingerprint density at radius 3 is 2.27 bits per heavy atom. The van der Waals surface area contributed by atoms with E-state index < -0.39 is 0 Å². The zero-order valence-electron chi connectivity index (χ0n) is 7.33. The minimum absolute atomic E-state index is 0.794. The van der Waals surface area contributed by atoms with Gasteiger partial charge < -0.3 is 0 Å². The molecule has 0 saturated carbocycles. The summed E-state index contributed by atoms with van der Waals surface area (Å²) in [6, 6.07) is 6.19. The predicted molar refractivity (Wildman–Crippen MR) is 46.1 cm³/mol. The molecule has 0 aliphatic heterocycles. The molecular weight excluding hydrogens is 134 g/mol. The Hall–Kier alpha value is -0.850. The fourth-order valence-corrected chi connectivity index (χ4v) is 0.991. The first-order valence-electron chi connectivity index (χ1n) is 4.23. The fraction of sp³-hybridized carbons (Fsp3) is 0.500. The molecule has 0 aromatic carbocycles. The maximum atomic E-state index is 2.25. The van der Waals surface area contributed by atoms with Gasteiger partial charge in [-0.1, -0.05) is 19.9 Å². The fourth-order valence-electron chi connectivity index (χ4n) is 0.991. The highest BCUT2D eigenvalue weighted by atomic mass is 14.9. The monoisotopic (exact) mass is 150 g/mol. The standard InChI is InChI=1S/C10H16N/c1-10(2)6-9-11-7-4-3-5-8-11/h3-5,7-8,10H,6,9H2,1-2H3/q+1. The third-order valence-electron chi connectivity index (χ3n) is 1.74. The van der Waals surface area contributed by atoms with Crippen molar-refractivity contribution in [2.24, 2.45) is 5.92 Å². The number of hydrogen-bond donors (Lipinski definition) is 0. The van der Waals surface area contributed by atoms with Gasteiger partial charge in [0, 0.05) is 18.6 Å². The molecule has 60 valence electrons. The summed E-state index contributed by atoms with van der Waals surface area (Å²) in [6.07, 6.45) is 5.49. The van der Waals surface area contributed by atoms with Gasteiger partial charge in [-0.25, -0.2) is 4.57 Å². The van der Waals surface area contributed by atoms with E-state index in [4.69, 9.17) is 0 Å². The Kier molecular flexibility index (Phi) is 3.09. The Morgan fingerprint density at radius 1 is 1.09 bits per heavy atom. The molecule has 1 aromatic heterocycles. The second kappa shape index (κ2) is 4.12. The molecule has 0 spiro atoms. The molecule has 0 unspecified atom stereocenters. The minimum Gasteiger partial charge on any atom is -0.205 e. The molecule has 0 atom stereocenters. The van der Waals surface area contributed by atoms with E-state index in [1.807, 2.05) is 6.07 Å². The first-order valence-corrected chi connectivity index (χ1v) is 4.23. The van der Waals surface area contributed by atoms with Crippen LogP contribution in [0, 0.1) is 5.92 Å². The van der Waals surface area contributed by atoms with Crippen LogP contribution in [0.1, 0.15) is 20.3 Å². The number of aryl methyl sites for hydroxylation is 1. The van der Waals surface area contributed by atoms with Gasteiger partial charge in [-0.05, 0) is 5.92 Å². The second-order valence-electron chi connectivity index (χ2n) is 3.30. The van der Waals surface area contributed by atoms with Crippen LogP contribution < -0.4 is 4.57 Å². The maximum absolute atomic E-state index is 2.25. The molecule has 1 aromatic rings. The molecule has 0 radical (unpaired) electrons. The molecular formula is C10H16N+.